The van der Waals surface area contributed by atoms with Crippen LogP contribution in [0.4, 0.5) is 0 Å². The molecule has 0 aliphatic carbocycles. The van der Waals surface area contributed by atoms with Crippen molar-refractivity contribution in [3.8, 4) is 5.75 Å². The normalized spacial score (nSPS) is 22.0. The fourth-order valence-corrected chi connectivity index (χ4v) is 5.69. The molecule has 1 aliphatic rings. The average Bonchev–Trinajstić information content (AvgIpc) is 3.11. The molecule has 160 valence electrons. The Labute approximate surface area is 181 Å². The molecule has 2 unspecified atom stereocenters. The first-order chi connectivity index (χ1) is 14.4. The van der Waals surface area contributed by atoms with Gasteiger partial charge in [0, 0.05) is 29.6 Å². The molecule has 4 rings (SSSR count). The minimum Gasteiger partial charge on any atom is -0.497 e. The molecule has 1 aromatic heterocycles. The van der Waals surface area contributed by atoms with Crippen molar-refractivity contribution in [1.82, 2.24) is 9.24 Å². The second-order valence-corrected chi connectivity index (χ2v) is 9.94. The van der Waals surface area contributed by atoms with E-state index in [4.69, 9.17) is 25.4 Å². The molecule has 2 aromatic carbocycles. The number of benzene rings is 2. The van der Waals surface area contributed by atoms with E-state index in [-0.39, 0.29) is 6.10 Å². The third-order valence-electron chi connectivity index (χ3n) is 5.30. The Kier molecular flexibility index (Phi) is 6.24. The molecule has 6 nitrogen and oxygen atoms in total. The zero-order valence-corrected chi connectivity index (χ0v) is 19.0. The van der Waals surface area contributed by atoms with E-state index in [1.165, 1.54) is 0 Å². The molecule has 2 heterocycles. The van der Waals surface area contributed by atoms with E-state index in [1.54, 1.807) is 11.4 Å². The topological polar surface area (TPSA) is 52.9 Å². The summed E-state index contributed by atoms with van der Waals surface area (Å²) in [6.07, 6.45) is 3.03. The smallest absolute Gasteiger partial charge is 0.439 e. The lowest BCUT2D eigenvalue weighted by atomic mass is 10.1. The van der Waals surface area contributed by atoms with Gasteiger partial charge in [-0.25, -0.2) is 4.57 Å². The van der Waals surface area contributed by atoms with Gasteiger partial charge in [0.1, 0.15) is 5.75 Å². The maximum Gasteiger partial charge on any atom is 0.439 e. The maximum atomic E-state index is 13.9. The summed E-state index contributed by atoms with van der Waals surface area (Å²) >= 11 is 6.01. The summed E-state index contributed by atoms with van der Waals surface area (Å²) in [5.41, 5.74) is 2.83. The van der Waals surface area contributed by atoms with Crippen molar-refractivity contribution in [3.05, 3.63) is 64.8 Å². The van der Waals surface area contributed by atoms with Crippen LogP contribution in [0.1, 0.15) is 23.7 Å². The SMILES string of the molecule is COc1ccc2c(c1)c(CCN(C)C)cn2P1(=O)OCCC(c2ccc(Cl)cc2)O1. The van der Waals surface area contributed by atoms with Crippen LogP contribution in [0, 0.1) is 0 Å². The van der Waals surface area contributed by atoms with E-state index >= 15 is 0 Å². The summed E-state index contributed by atoms with van der Waals surface area (Å²) in [4.78, 5) is 2.12. The van der Waals surface area contributed by atoms with E-state index in [0.29, 0.717) is 18.1 Å². The van der Waals surface area contributed by atoms with Gasteiger partial charge in [-0.3, -0.25) is 13.4 Å². The van der Waals surface area contributed by atoms with Gasteiger partial charge in [-0.1, -0.05) is 23.7 Å². The van der Waals surface area contributed by atoms with E-state index in [1.807, 2.05) is 62.8 Å². The lowest BCUT2D eigenvalue weighted by Gasteiger charge is -2.30. The standard InChI is InChI=1S/C22H26ClN2O4P/c1-24(2)12-10-17-15-25(21-9-8-19(27-3)14-20(17)21)30(26)28-13-11-22(29-30)16-4-6-18(23)7-5-16/h4-9,14-15,22H,10-13H2,1-3H3. The number of fused-ring (bicyclic) bond motifs is 1. The Bertz CT molecular complexity index is 1080. The number of rotatable bonds is 6. The third kappa shape index (κ3) is 4.29. The van der Waals surface area contributed by atoms with Crippen LogP contribution in [-0.4, -0.2) is 43.6 Å². The largest absolute Gasteiger partial charge is 0.497 e. The minimum absolute atomic E-state index is 0.317. The van der Waals surface area contributed by atoms with Crippen molar-refractivity contribution in [2.24, 2.45) is 0 Å². The predicted octanol–water partition coefficient (Wildman–Crippen LogP) is 5.54. The Morgan fingerprint density at radius 2 is 2.00 bits per heavy atom. The molecule has 8 heteroatoms. The first kappa shape index (κ1) is 21.4. The van der Waals surface area contributed by atoms with Crippen molar-refractivity contribution in [2.75, 3.05) is 34.4 Å². The molecule has 0 radical (unpaired) electrons. The predicted molar refractivity (Wildman–Crippen MR) is 120 cm³/mol. The molecule has 0 saturated carbocycles. The quantitative estimate of drug-likeness (QED) is 0.463. The first-order valence-electron chi connectivity index (χ1n) is 9.91. The number of likely N-dealkylation sites (N-methyl/N-ethyl adjacent to an activating group) is 1. The van der Waals surface area contributed by atoms with Crippen LogP contribution in [0.2, 0.25) is 5.02 Å². The van der Waals surface area contributed by atoms with Crippen LogP contribution in [0.25, 0.3) is 10.9 Å². The van der Waals surface area contributed by atoms with Gasteiger partial charge in [0.25, 0.3) is 0 Å². The molecular formula is C22H26ClN2O4P. The highest BCUT2D eigenvalue weighted by Gasteiger charge is 2.37. The lowest BCUT2D eigenvalue weighted by Crippen LogP contribution is -2.17. The van der Waals surface area contributed by atoms with Crippen LogP contribution in [0.15, 0.2) is 48.7 Å². The van der Waals surface area contributed by atoms with Crippen molar-refractivity contribution in [1.29, 1.82) is 0 Å². The van der Waals surface area contributed by atoms with Gasteiger partial charge in [-0.05, 0) is 62.0 Å². The van der Waals surface area contributed by atoms with Gasteiger partial charge in [0.15, 0.2) is 0 Å². The van der Waals surface area contributed by atoms with Gasteiger partial charge in [-0.15, -0.1) is 0 Å². The van der Waals surface area contributed by atoms with Crippen LogP contribution >= 0.6 is 19.3 Å². The van der Waals surface area contributed by atoms with Crippen LogP contribution < -0.4 is 4.74 Å². The van der Waals surface area contributed by atoms with E-state index in [2.05, 4.69) is 4.90 Å². The fraction of sp³-hybridized carbons (Fsp3) is 0.364. The summed E-state index contributed by atoms with van der Waals surface area (Å²) in [5.74, 6) is 0.758. The number of nitrogens with zero attached hydrogens (tertiary/aromatic N) is 2. The molecule has 0 spiro atoms. The summed E-state index contributed by atoms with van der Waals surface area (Å²) in [6.45, 7) is 1.23. The monoisotopic (exact) mass is 448 g/mol. The Morgan fingerprint density at radius 3 is 2.70 bits per heavy atom. The van der Waals surface area contributed by atoms with Gasteiger partial charge in [-0.2, -0.15) is 0 Å². The van der Waals surface area contributed by atoms with Gasteiger partial charge < -0.3 is 9.64 Å². The number of hydrogen-bond donors (Lipinski definition) is 0. The van der Waals surface area contributed by atoms with Crippen molar-refractivity contribution in [2.45, 2.75) is 18.9 Å². The minimum atomic E-state index is -3.57. The summed E-state index contributed by atoms with van der Waals surface area (Å²) in [7, 11) is 2.14. The van der Waals surface area contributed by atoms with Crippen molar-refractivity contribution < 1.29 is 18.3 Å². The van der Waals surface area contributed by atoms with Gasteiger partial charge >= 0.3 is 7.75 Å². The second-order valence-electron chi connectivity index (χ2n) is 7.67. The molecule has 0 bridgehead atoms. The molecular weight excluding hydrogens is 423 g/mol. The number of halogens is 1. The van der Waals surface area contributed by atoms with Gasteiger partial charge in [0.05, 0.1) is 25.3 Å². The van der Waals surface area contributed by atoms with E-state index < -0.39 is 7.75 Å². The molecule has 30 heavy (non-hydrogen) atoms. The first-order valence-corrected chi connectivity index (χ1v) is 11.8. The molecule has 0 amide bonds. The molecule has 1 aliphatic heterocycles. The number of aromatic nitrogens is 1. The zero-order chi connectivity index (χ0) is 21.3. The Hall–Kier alpha value is -1.82. The fourth-order valence-electron chi connectivity index (χ4n) is 3.67. The highest BCUT2D eigenvalue weighted by atomic mass is 35.5. The third-order valence-corrected chi connectivity index (χ3v) is 7.44. The average molecular weight is 449 g/mol. The highest BCUT2D eigenvalue weighted by Crippen LogP contribution is 2.58. The number of hydrogen-bond acceptors (Lipinski definition) is 5. The molecule has 2 atom stereocenters. The summed E-state index contributed by atoms with van der Waals surface area (Å²) in [6, 6.07) is 13.2. The number of ether oxygens (including phenoxy) is 1. The van der Waals surface area contributed by atoms with Crippen molar-refractivity contribution in [3.63, 3.8) is 0 Å². The highest BCUT2D eigenvalue weighted by molar-refractivity contribution is 7.52. The molecule has 1 fully saturated rings. The zero-order valence-electron chi connectivity index (χ0n) is 17.4. The molecule has 0 N–H and O–H groups in total. The molecule has 1 saturated heterocycles. The van der Waals surface area contributed by atoms with E-state index in [9.17, 15) is 4.57 Å². The van der Waals surface area contributed by atoms with Crippen LogP contribution in [-0.2, 0) is 20.0 Å². The Balaban J connectivity index is 1.73. The lowest BCUT2D eigenvalue weighted by molar-refractivity contribution is 0.0771. The Morgan fingerprint density at radius 1 is 1.23 bits per heavy atom. The van der Waals surface area contributed by atoms with Crippen LogP contribution in [0.3, 0.4) is 0 Å². The number of methoxy groups -OCH3 is 1. The van der Waals surface area contributed by atoms with Crippen LogP contribution in [0.5, 0.6) is 5.75 Å². The maximum absolute atomic E-state index is 13.9. The van der Waals surface area contributed by atoms with Gasteiger partial charge in [0.2, 0.25) is 0 Å². The van der Waals surface area contributed by atoms with E-state index in [0.717, 1.165) is 40.7 Å². The summed E-state index contributed by atoms with van der Waals surface area (Å²) < 4.78 is 32.8. The van der Waals surface area contributed by atoms with Crippen molar-refractivity contribution >= 4 is 30.3 Å². The molecule has 3 aromatic rings. The summed E-state index contributed by atoms with van der Waals surface area (Å²) in [5, 5.41) is 1.65. The second kappa shape index (κ2) is 8.74.